The van der Waals surface area contributed by atoms with Crippen molar-refractivity contribution in [3.05, 3.63) is 0 Å². The lowest BCUT2D eigenvalue weighted by atomic mass is 10.2. The van der Waals surface area contributed by atoms with Gasteiger partial charge >= 0.3 is 0 Å². The molecule has 3 heteroatoms. The van der Waals surface area contributed by atoms with E-state index in [2.05, 4.69) is 18.7 Å². The third kappa shape index (κ3) is 8.05. The highest BCUT2D eigenvalue weighted by Crippen LogP contribution is 2.00. The predicted octanol–water partition coefficient (Wildman–Crippen LogP) is 1.76. The number of unbranched alkanes of at least 4 members (excludes halogenated alkanes) is 2. The predicted molar refractivity (Wildman–Crippen MR) is 60.1 cm³/mol. The Morgan fingerprint density at radius 1 is 1.07 bits per heavy atom. The molecule has 3 nitrogen and oxygen atoms in total. The summed E-state index contributed by atoms with van der Waals surface area (Å²) in [4.78, 5) is 13.0. The van der Waals surface area contributed by atoms with Crippen molar-refractivity contribution in [2.45, 2.75) is 46.0 Å². The Bertz CT molecular complexity index is 140. The maximum absolute atomic E-state index is 10.6. The summed E-state index contributed by atoms with van der Waals surface area (Å²) in [6, 6.07) is 0. The van der Waals surface area contributed by atoms with E-state index >= 15 is 0 Å². The Morgan fingerprint density at radius 2 is 1.57 bits per heavy atom. The van der Waals surface area contributed by atoms with Gasteiger partial charge in [-0.05, 0) is 25.9 Å². The van der Waals surface area contributed by atoms with Gasteiger partial charge in [0, 0.05) is 13.0 Å². The highest BCUT2D eigenvalue weighted by molar-refractivity contribution is 5.73. The summed E-state index contributed by atoms with van der Waals surface area (Å²) in [5.74, 6) is -0.192. The van der Waals surface area contributed by atoms with Crippen LogP contribution in [0.4, 0.5) is 0 Å². The van der Waals surface area contributed by atoms with Gasteiger partial charge in [0.2, 0.25) is 5.91 Å². The monoisotopic (exact) mass is 200 g/mol. The second kappa shape index (κ2) is 9.00. The third-order valence-corrected chi connectivity index (χ3v) is 2.33. The molecule has 0 atom stereocenters. The van der Waals surface area contributed by atoms with Gasteiger partial charge in [-0.15, -0.1) is 0 Å². The van der Waals surface area contributed by atoms with Gasteiger partial charge in [-0.3, -0.25) is 4.79 Å². The highest BCUT2D eigenvalue weighted by atomic mass is 16.1. The smallest absolute Gasteiger partial charge is 0.218 e. The topological polar surface area (TPSA) is 46.3 Å². The molecule has 0 aliphatic heterocycles. The van der Waals surface area contributed by atoms with E-state index in [-0.39, 0.29) is 5.91 Å². The van der Waals surface area contributed by atoms with E-state index in [9.17, 15) is 4.79 Å². The van der Waals surface area contributed by atoms with Gasteiger partial charge < -0.3 is 10.6 Å². The van der Waals surface area contributed by atoms with Gasteiger partial charge in [-0.2, -0.15) is 0 Å². The van der Waals surface area contributed by atoms with Crippen LogP contribution < -0.4 is 5.73 Å². The van der Waals surface area contributed by atoms with Gasteiger partial charge in [0.25, 0.3) is 0 Å². The van der Waals surface area contributed by atoms with Crippen molar-refractivity contribution in [3.8, 4) is 0 Å². The summed E-state index contributed by atoms with van der Waals surface area (Å²) in [5.41, 5.74) is 5.13. The number of amides is 1. The zero-order chi connectivity index (χ0) is 10.8. The molecule has 0 saturated carbocycles. The van der Waals surface area contributed by atoms with Crippen LogP contribution in [0, 0.1) is 0 Å². The lowest BCUT2D eigenvalue weighted by Gasteiger charge is -2.20. The van der Waals surface area contributed by atoms with Crippen LogP contribution in [0.15, 0.2) is 0 Å². The van der Waals surface area contributed by atoms with Crippen LogP contribution in [0.1, 0.15) is 46.0 Å². The molecule has 0 aromatic heterocycles. The fourth-order valence-electron chi connectivity index (χ4n) is 1.37. The van der Waals surface area contributed by atoms with Crippen molar-refractivity contribution in [2.24, 2.45) is 5.73 Å². The largest absolute Gasteiger partial charge is 0.370 e. The Balaban J connectivity index is 3.65. The van der Waals surface area contributed by atoms with Crippen molar-refractivity contribution in [1.82, 2.24) is 4.90 Å². The summed E-state index contributed by atoms with van der Waals surface area (Å²) < 4.78 is 0. The molecule has 0 unspecified atom stereocenters. The number of carbonyl (C=O) groups excluding carboxylic acids is 1. The summed E-state index contributed by atoms with van der Waals surface area (Å²) in [7, 11) is 0. The standard InChI is InChI=1S/C11H24N2O/c1-3-5-8-13(9-6-4-2)10-7-11(12)14/h3-10H2,1-2H3,(H2,12,14). The van der Waals surface area contributed by atoms with E-state index < -0.39 is 0 Å². The maximum atomic E-state index is 10.6. The summed E-state index contributed by atoms with van der Waals surface area (Å²) in [5, 5.41) is 0. The minimum atomic E-state index is -0.192. The minimum absolute atomic E-state index is 0.192. The van der Waals surface area contributed by atoms with Gasteiger partial charge in [-0.25, -0.2) is 0 Å². The van der Waals surface area contributed by atoms with E-state index in [0.29, 0.717) is 6.42 Å². The second-order valence-corrected chi connectivity index (χ2v) is 3.77. The molecule has 2 N–H and O–H groups in total. The average molecular weight is 200 g/mol. The SMILES string of the molecule is CCCCN(CCCC)CCC(N)=O. The fourth-order valence-corrected chi connectivity index (χ4v) is 1.37. The van der Waals surface area contributed by atoms with Crippen LogP contribution in [0.25, 0.3) is 0 Å². The Labute approximate surface area is 87.6 Å². The van der Waals surface area contributed by atoms with E-state index in [1.807, 2.05) is 0 Å². The van der Waals surface area contributed by atoms with Gasteiger partial charge in [0.05, 0.1) is 0 Å². The van der Waals surface area contributed by atoms with E-state index in [0.717, 1.165) is 19.6 Å². The molecule has 0 aliphatic carbocycles. The average Bonchev–Trinajstić information content (AvgIpc) is 2.16. The molecule has 14 heavy (non-hydrogen) atoms. The number of hydrogen-bond donors (Lipinski definition) is 1. The van der Waals surface area contributed by atoms with Crippen LogP contribution in [0.3, 0.4) is 0 Å². The van der Waals surface area contributed by atoms with Crippen molar-refractivity contribution in [3.63, 3.8) is 0 Å². The Morgan fingerprint density at radius 3 is 1.93 bits per heavy atom. The third-order valence-electron chi connectivity index (χ3n) is 2.33. The number of nitrogens with two attached hydrogens (primary N) is 1. The van der Waals surface area contributed by atoms with Crippen LogP contribution in [0.5, 0.6) is 0 Å². The zero-order valence-corrected chi connectivity index (χ0v) is 9.59. The van der Waals surface area contributed by atoms with Gasteiger partial charge in [-0.1, -0.05) is 26.7 Å². The molecule has 0 aromatic carbocycles. The van der Waals surface area contributed by atoms with Crippen molar-refractivity contribution in [1.29, 1.82) is 0 Å². The van der Waals surface area contributed by atoms with Crippen molar-refractivity contribution >= 4 is 5.91 Å². The van der Waals surface area contributed by atoms with Crippen LogP contribution >= 0.6 is 0 Å². The molecule has 0 spiro atoms. The number of rotatable bonds is 9. The van der Waals surface area contributed by atoms with E-state index in [4.69, 9.17) is 5.73 Å². The first kappa shape index (κ1) is 13.4. The van der Waals surface area contributed by atoms with Crippen LogP contribution in [-0.4, -0.2) is 30.4 Å². The Kier molecular flexibility index (Phi) is 8.64. The Hall–Kier alpha value is -0.570. The molecule has 1 amide bonds. The molecular weight excluding hydrogens is 176 g/mol. The first-order valence-corrected chi connectivity index (χ1v) is 5.71. The number of nitrogens with zero attached hydrogens (tertiary/aromatic N) is 1. The number of carbonyl (C=O) groups is 1. The quantitative estimate of drug-likeness (QED) is 0.616. The number of hydrogen-bond acceptors (Lipinski definition) is 2. The van der Waals surface area contributed by atoms with Crippen molar-refractivity contribution in [2.75, 3.05) is 19.6 Å². The molecule has 0 aliphatic rings. The summed E-state index contributed by atoms with van der Waals surface area (Å²) in [6.45, 7) is 7.40. The summed E-state index contributed by atoms with van der Waals surface area (Å²) in [6.07, 6.45) is 5.33. The molecule has 0 radical (unpaired) electrons. The van der Waals surface area contributed by atoms with Crippen molar-refractivity contribution < 1.29 is 4.79 Å². The molecule has 84 valence electrons. The van der Waals surface area contributed by atoms with Gasteiger partial charge in [0.15, 0.2) is 0 Å². The minimum Gasteiger partial charge on any atom is -0.370 e. The van der Waals surface area contributed by atoms with E-state index in [1.54, 1.807) is 0 Å². The first-order valence-electron chi connectivity index (χ1n) is 5.71. The van der Waals surface area contributed by atoms with Crippen LogP contribution in [0.2, 0.25) is 0 Å². The molecule has 0 rings (SSSR count). The normalized spacial score (nSPS) is 10.8. The van der Waals surface area contributed by atoms with Crippen LogP contribution in [-0.2, 0) is 4.79 Å². The molecule has 0 bridgehead atoms. The zero-order valence-electron chi connectivity index (χ0n) is 9.59. The molecule has 0 fully saturated rings. The highest BCUT2D eigenvalue weighted by Gasteiger charge is 2.04. The van der Waals surface area contributed by atoms with Gasteiger partial charge in [0.1, 0.15) is 0 Å². The lowest BCUT2D eigenvalue weighted by molar-refractivity contribution is -0.118. The van der Waals surface area contributed by atoms with E-state index in [1.165, 1.54) is 25.7 Å². The fraction of sp³-hybridized carbons (Fsp3) is 0.909. The first-order chi connectivity index (χ1) is 6.70. The second-order valence-electron chi connectivity index (χ2n) is 3.77. The lowest BCUT2D eigenvalue weighted by Crippen LogP contribution is -2.30. The molecule has 0 saturated heterocycles. The summed E-state index contributed by atoms with van der Waals surface area (Å²) >= 11 is 0. The number of primary amides is 1. The molecular formula is C11H24N2O. The molecule has 0 heterocycles. The maximum Gasteiger partial charge on any atom is 0.218 e. The molecule has 0 aromatic rings.